The van der Waals surface area contributed by atoms with E-state index in [1.165, 1.54) is 0 Å². The number of ether oxygens (including phenoxy) is 1. The molecule has 5 N–H and O–H groups in total. The van der Waals surface area contributed by atoms with Crippen LogP contribution in [-0.2, 0) is 16.8 Å². The highest BCUT2D eigenvalue weighted by Crippen LogP contribution is 2.47. The molecule has 2 aliphatic rings. The number of amides is 2. The molecule has 39 heavy (non-hydrogen) atoms. The molecule has 1 aliphatic carbocycles. The fourth-order valence-corrected chi connectivity index (χ4v) is 6.29. The highest BCUT2D eigenvalue weighted by molar-refractivity contribution is 6.32. The van der Waals surface area contributed by atoms with Gasteiger partial charge in [0.15, 0.2) is 5.75 Å². The van der Waals surface area contributed by atoms with Crippen molar-refractivity contribution in [1.29, 1.82) is 0 Å². The van der Waals surface area contributed by atoms with Crippen molar-refractivity contribution in [1.82, 2.24) is 10.2 Å². The van der Waals surface area contributed by atoms with E-state index in [0.717, 1.165) is 31.2 Å². The number of piperidine rings is 1. The number of para-hydroxylation sites is 1. The number of likely N-dealkylation sites (tertiary alicyclic amines) is 1. The number of hydrogen-bond acceptors (Lipinski definition) is 5. The third-order valence-corrected chi connectivity index (χ3v) is 8.50. The van der Waals surface area contributed by atoms with E-state index in [9.17, 15) is 14.7 Å². The number of rotatable bonds is 10. The number of nitrogens with one attached hydrogen (secondary N) is 1. The fourth-order valence-electron chi connectivity index (χ4n) is 6.08. The van der Waals surface area contributed by atoms with Crippen molar-refractivity contribution >= 4 is 23.6 Å². The van der Waals surface area contributed by atoms with E-state index in [1.807, 2.05) is 35.2 Å². The first-order valence-corrected chi connectivity index (χ1v) is 14.4. The van der Waals surface area contributed by atoms with Crippen LogP contribution in [0.2, 0.25) is 5.02 Å². The van der Waals surface area contributed by atoms with Crippen molar-refractivity contribution in [3.63, 3.8) is 0 Å². The van der Waals surface area contributed by atoms with E-state index in [2.05, 4.69) is 12.2 Å². The van der Waals surface area contributed by atoms with Crippen LogP contribution < -0.4 is 15.8 Å². The van der Waals surface area contributed by atoms with Crippen molar-refractivity contribution < 1.29 is 24.5 Å². The van der Waals surface area contributed by atoms with Gasteiger partial charge >= 0.3 is 6.09 Å². The highest BCUT2D eigenvalue weighted by Gasteiger charge is 2.44. The lowest BCUT2D eigenvalue weighted by Gasteiger charge is -2.44. The van der Waals surface area contributed by atoms with Crippen molar-refractivity contribution in [2.24, 2.45) is 17.6 Å². The summed E-state index contributed by atoms with van der Waals surface area (Å²) >= 11 is 6.68. The van der Waals surface area contributed by atoms with Gasteiger partial charge in [0, 0.05) is 43.1 Å². The number of carbonyl (C=O) groups excluding carboxylic acids is 1. The summed E-state index contributed by atoms with van der Waals surface area (Å²) in [6.45, 7) is 3.33. The summed E-state index contributed by atoms with van der Waals surface area (Å²) in [6, 6.07) is 13.2. The molecule has 1 heterocycles. The van der Waals surface area contributed by atoms with Gasteiger partial charge < -0.3 is 30.9 Å². The smallest absolute Gasteiger partial charge is 0.404 e. The molecule has 0 radical (unpaired) electrons. The van der Waals surface area contributed by atoms with E-state index in [-0.39, 0.29) is 36.8 Å². The third kappa shape index (κ3) is 7.04. The average Bonchev–Trinajstić information content (AvgIpc) is 3.38. The number of carbonyl (C=O) groups is 2. The molecule has 8 nitrogen and oxygen atoms in total. The number of halogens is 1. The lowest BCUT2D eigenvalue weighted by Crippen LogP contribution is -2.49. The largest absolute Gasteiger partial charge is 0.465 e. The Balaban J connectivity index is 1.65. The van der Waals surface area contributed by atoms with Crippen molar-refractivity contribution in [2.75, 3.05) is 19.6 Å². The van der Waals surface area contributed by atoms with E-state index in [1.54, 1.807) is 12.1 Å². The van der Waals surface area contributed by atoms with Crippen molar-refractivity contribution in [3.8, 4) is 11.5 Å². The molecule has 0 aromatic heterocycles. The second-order valence-electron chi connectivity index (χ2n) is 10.9. The molecule has 4 atom stereocenters. The molecule has 0 bridgehead atoms. The minimum absolute atomic E-state index is 0.0654. The fraction of sp³-hybridized carbons (Fsp3) is 0.533. The first-order valence-electron chi connectivity index (χ1n) is 14.0. The summed E-state index contributed by atoms with van der Waals surface area (Å²) in [6.07, 6.45) is 4.27. The highest BCUT2D eigenvalue weighted by atomic mass is 35.5. The van der Waals surface area contributed by atoms with Crippen molar-refractivity contribution in [3.05, 3.63) is 58.6 Å². The number of nitrogens with zero attached hydrogens (tertiary/aromatic N) is 1. The van der Waals surface area contributed by atoms with Crippen molar-refractivity contribution in [2.45, 2.75) is 69.9 Å². The standard InChI is InChI=1S/C30H40ClN3O5/c1-2-20-7-3-9-24(17-20)39-27-25(10-4-11-26(27)31)30(38,14-6-15-33-29(36)37)22-8-5-16-34(19-22)28(35)21-12-13-23(32)18-21/h3-4,7,9-11,17,21-23,33,38H,2,5-6,8,12-16,18-19,32H2,1H3,(H,36,37)/t21-,22-,23+,30+/m1/s1. The van der Waals surface area contributed by atoms with Crippen LogP contribution in [-0.4, -0.2) is 52.8 Å². The number of aliphatic hydroxyl groups is 1. The summed E-state index contributed by atoms with van der Waals surface area (Å²) in [4.78, 5) is 26.3. The van der Waals surface area contributed by atoms with E-state index in [4.69, 9.17) is 27.2 Å². The quantitative estimate of drug-likeness (QED) is 0.294. The molecule has 2 fully saturated rings. The minimum atomic E-state index is -1.40. The zero-order valence-electron chi connectivity index (χ0n) is 22.6. The van der Waals surface area contributed by atoms with Crippen LogP contribution in [0.15, 0.2) is 42.5 Å². The molecule has 0 spiro atoms. The van der Waals surface area contributed by atoms with Crippen LogP contribution in [0.1, 0.15) is 63.0 Å². The molecule has 4 rings (SSSR count). The van der Waals surface area contributed by atoms with Gasteiger partial charge in [-0.25, -0.2) is 4.79 Å². The summed E-state index contributed by atoms with van der Waals surface area (Å²) in [7, 11) is 0. The van der Waals surface area contributed by atoms with Gasteiger partial charge in [0.05, 0.1) is 10.6 Å². The van der Waals surface area contributed by atoms with Crippen LogP contribution in [0.5, 0.6) is 11.5 Å². The van der Waals surface area contributed by atoms with E-state index >= 15 is 0 Å². The predicted octanol–water partition coefficient (Wildman–Crippen LogP) is 5.30. The molecular weight excluding hydrogens is 518 g/mol. The van der Waals surface area contributed by atoms with Crippen LogP contribution in [0, 0.1) is 11.8 Å². The predicted molar refractivity (Wildman–Crippen MR) is 151 cm³/mol. The maximum absolute atomic E-state index is 13.4. The monoisotopic (exact) mass is 557 g/mol. The van der Waals surface area contributed by atoms with Crippen LogP contribution in [0.3, 0.4) is 0 Å². The van der Waals surface area contributed by atoms with Gasteiger partial charge in [-0.15, -0.1) is 0 Å². The molecule has 1 aliphatic heterocycles. The second kappa shape index (κ2) is 13.0. The Hall–Kier alpha value is -2.81. The average molecular weight is 558 g/mol. The maximum atomic E-state index is 13.4. The number of benzene rings is 2. The van der Waals surface area contributed by atoms with Crippen LogP contribution in [0.25, 0.3) is 0 Å². The van der Waals surface area contributed by atoms with Gasteiger partial charge in [-0.2, -0.15) is 0 Å². The first kappa shape index (κ1) is 29.2. The molecule has 9 heteroatoms. The molecule has 1 saturated carbocycles. The van der Waals surface area contributed by atoms with Gasteiger partial charge in [-0.3, -0.25) is 4.79 Å². The molecule has 1 saturated heterocycles. The lowest BCUT2D eigenvalue weighted by atomic mass is 9.73. The van der Waals surface area contributed by atoms with Gasteiger partial charge in [-0.05, 0) is 75.1 Å². The molecule has 212 valence electrons. The Kier molecular flexibility index (Phi) is 9.75. The summed E-state index contributed by atoms with van der Waals surface area (Å²) < 4.78 is 6.34. The second-order valence-corrected chi connectivity index (χ2v) is 11.3. The van der Waals surface area contributed by atoms with Gasteiger partial charge in [-0.1, -0.05) is 42.8 Å². The Morgan fingerprint density at radius 2 is 2.00 bits per heavy atom. The number of nitrogens with two attached hydrogens (primary N) is 1. The third-order valence-electron chi connectivity index (χ3n) is 8.20. The first-order chi connectivity index (χ1) is 18.7. The zero-order chi connectivity index (χ0) is 28.0. The topological polar surface area (TPSA) is 125 Å². The lowest BCUT2D eigenvalue weighted by molar-refractivity contribution is -0.141. The molecule has 2 aromatic rings. The van der Waals surface area contributed by atoms with E-state index < -0.39 is 11.7 Å². The van der Waals surface area contributed by atoms with Gasteiger partial charge in [0.25, 0.3) is 0 Å². The summed E-state index contributed by atoms with van der Waals surface area (Å²) in [5.41, 5.74) is 6.35. The van der Waals surface area contributed by atoms with Gasteiger partial charge in [0.2, 0.25) is 5.91 Å². The zero-order valence-corrected chi connectivity index (χ0v) is 23.3. The SMILES string of the molecule is CCc1cccc(Oc2c(Cl)cccc2[C@](O)(CCCNC(=O)O)[C@@H]2CCCN(C(=O)[C@@H]3CC[C@H](N)C3)C2)c1. The Bertz CT molecular complexity index is 1160. The molecule has 2 aromatic carbocycles. The molecule has 0 unspecified atom stereocenters. The summed E-state index contributed by atoms with van der Waals surface area (Å²) in [5, 5.41) is 24.3. The van der Waals surface area contributed by atoms with E-state index in [0.29, 0.717) is 54.4 Å². The number of hydrogen-bond donors (Lipinski definition) is 4. The van der Waals surface area contributed by atoms with Crippen LogP contribution >= 0.6 is 11.6 Å². The molecule has 2 amide bonds. The Morgan fingerprint density at radius 3 is 2.72 bits per heavy atom. The number of carboxylic acid groups (broad SMARTS) is 1. The number of aryl methyl sites for hydroxylation is 1. The normalized spacial score (nSPS) is 22.8. The Labute approximate surface area is 235 Å². The Morgan fingerprint density at radius 1 is 1.21 bits per heavy atom. The minimum Gasteiger partial charge on any atom is -0.465 e. The summed E-state index contributed by atoms with van der Waals surface area (Å²) in [5.74, 6) is 0.768. The van der Waals surface area contributed by atoms with Crippen LogP contribution in [0.4, 0.5) is 4.79 Å². The maximum Gasteiger partial charge on any atom is 0.404 e. The molecular formula is C30H40ClN3O5. The van der Waals surface area contributed by atoms with Gasteiger partial charge in [0.1, 0.15) is 5.75 Å².